The first-order valence-electron chi connectivity index (χ1n) is 33.0. The lowest BCUT2D eigenvalue weighted by Crippen LogP contribution is -2.40. The number of carboxylic acids is 1. The quantitative estimate of drug-likeness (QED) is 0.0211. The van der Waals surface area contributed by atoms with Gasteiger partial charge < -0.3 is 28.5 Å². The summed E-state index contributed by atoms with van der Waals surface area (Å²) in [7, 11) is 5.96. The van der Waals surface area contributed by atoms with Gasteiger partial charge in [-0.25, -0.2) is 4.79 Å². The highest BCUT2D eigenvalue weighted by atomic mass is 16.7. The number of hydrogen-bond acceptors (Lipinski definition) is 7. The third-order valence-corrected chi connectivity index (χ3v) is 13.6. The summed E-state index contributed by atoms with van der Waals surface area (Å²) in [5, 5.41) is 9.73. The lowest BCUT2D eigenvalue weighted by Gasteiger charge is -2.25. The molecule has 0 aromatic heterocycles. The van der Waals surface area contributed by atoms with Gasteiger partial charge >= 0.3 is 17.9 Å². The summed E-state index contributed by atoms with van der Waals surface area (Å²) in [5.74, 6) is -2.03. The van der Waals surface area contributed by atoms with E-state index in [2.05, 4.69) is 160 Å². The van der Waals surface area contributed by atoms with Gasteiger partial charge in [-0.05, 0) is 116 Å². The molecule has 9 nitrogen and oxygen atoms in total. The standard InChI is InChI=1S/C74H121NO8/c1-6-8-10-12-14-16-18-20-22-24-26-27-28-29-30-31-32-33-34-35-36-37-38-39-40-41-42-43-44-45-47-49-51-53-55-57-59-61-63-65-72(77)83-70(69-82-74(73(78)79)80-67-66-75(3,4)5)68-81-71(76)64-62-60-58-56-54-52-50-48-46-25-23-21-19-17-15-13-11-9-7-2/h8-11,14-17,20-23,26-27,29-30,32-33,35-36,38-39,46,48,70,74H,6-7,12-13,18-19,24-25,28,31,34,37,40-45,47,49-69H2,1-5H3/p+1/b10-8-,11-9-,16-14-,17-15-,22-20-,23-21-,27-26-,30-29-,33-32-,36-35-,39-38-,48-46-. The van der Waals surface area contributed by atoms with Crippen molar-refractivity contribution in [2.24, 2.45) is 0 Å². The Labute approximate surface area is 509 Å². The second kappa shape index (κ2) is 63.2. The van der Waals surface area contributed by atoms with Crippen molar-refractivity contribution in [3.63, 3.8) is 0 Å². The first-order chi connectivity index (χ1) is 40.6. The molecule has 0 radical (unpaired) electrons. The largest absolute Gasteiger partial charge is 0.477 e. The van der Waals surface area contributed by atoms with Gasteiger partial charge in [-0.3, -0.25) is 9.59 Å². The molecule has 83 heavy (non-hydrogen) atoms. The van der Waals surface area contributed by atoms with Crippen molar-refractivity contribution in [2.45, 2.75) is 257 Å². The SMILES string of the molecule is CC/C=C\C/C=C\C/C=C\C/C=C\C/C=C\C/C=C\C/C=C\C/C=C\CCCCCCCCCCCCCCCCC(=O)OC(COC(=O)CCCCCCCC/C=C\C/C=C\C/C=C\C/C=C\CC)COC(OCC[N+](C)(C)C)C(=O)O. The maximum absolute atomic E-state index is 12.9. The van der Waals surface area contributed by atoms with Gasteiger partial charge in [0.25, 0.3) is 6.29 Å². The Balaban J connectivity index is 4.14. The molecule has 470 valence electrons. The zero-order valence-electron chi connectivity index (χ0n) is 53.5. The Morgan fingerprint density at radius 1 is 0.361 bits per heavy atom. The van der Waals surface area contributed by atoms with Crippen molar-refractivity contribution >= 4 is 17.9 Å². The topological polar surface area (TPSA) is 108 Å². The molecule has 0 bridgehead atoms. The number of carbonyl (C=O) groups excluding carboxylic acids is 2. The number of aliphatic carboxylic acids is 1. The number of likely N-dealkylation sites (N-methyl/N-ethyl adjacent to an activating group) is 1. The Morgan fingerprint density at radius 2 is 0.651 bits per heavy atom. The number of nitrogens with zero attached hydrogens (tertiary/aromatic N) is 1. The third-order valence-electron chi connectivity index (χ3n) is 13.6. The van der Waals surface area contributed by atoms with Crippen molar-refractivity contribution in [1.82, 2.24) is 0 Å². The minimum absolute atomic E-state index is 0.179. The van der Waals surface area contributed by atoms with Crippen molar-refractivity contribution < 1.29 is 42.9 Å². The van der Waals surface area contributed by atoms with E-state index in [9.17, 15) is 19.5 Å². The number of quaternary nitrogens is 1. The Morgan fingerprint density at radius 3 is 0.964 bits per heavy atom. The van der Waals surface area contributed by atoms with Gasteiger partial charge in [0.05, 0.1) is 34.4 Å². The highest BCUT2D eigenvalue weighted by Gasteiger charge is 2.25. The van der Waals surface area contributed by atoms with Crippen molar-refractivity contribution in [3.05, 3.63) is 146 Å². The smallest absolute Gasteiger partial charge is 0.361 e. The van der Waals surface area contributed by atoms with Crippen LogP contribution in [0.4, 0.5) is 0 Å². The van der Waals surface area contributed by atoms with Gasteiger partial charge in [0, 0.05) is 12.8 Å². The maximum Gasteiger partial charge on any atom is 0.361 e. The summed E-state index contributed by atoms with van der Waals surface area (Å²) >= 11 is 0. The van der Waals surface area contributed by atoms with Crippen molar-refractivity contribution in [3.8, 4) is 0 Å². The highest BCUT2D eigenvalue weighted by Crippen LogP contribution is 2.16. The lowest BCUT2D eigenvalue weighted by atomic mass is 10.0. The fourth-order valence-electron chi connectivity index (χ4n) is 8.61. The molecule has 0 rings (SSSR count). The molecule has 0 aromatic rings. The Hall–Kier alpha value is -4.83. The first kappa shape index (κ1) is 78.2. The van der Waals surface area contributed by atoms with Crippen LogP contribution in [0.1, 0.15) is 245 Å². The van der Waals surface area contributed by atoms with Crippen LogP contribution in [-0.2, 0) is 33.3 Å². The van der Waals surface area contributed by atoms with Gasteiger partial charge in [0.2, 0.25) is 0 Å². The summed E-state index contributed by atoms with van der Waals surface area (Å²) in [4.78, 5) is 37.5. The van der Waals surface area contributed by atoms with Crippen molar-refractivity contribution in [1.29, 1.82) is 0 Å². The number of ether oxygens (including phenoxy) is 4. The summed E-state index contributed by atoms with van der Waals surface area (Å²) in [5.41, 5.74) is 0. The number of rotatable bonds is 59. The normalized spacial score (nSPS) is 13.7. The van der Waals surface area contributed by atoms with Crippen LogP contribution in [0, 0.1) is 0 Å². The van der Waals surface area contributed by atoms with Crippen LogP contribution in [0.25, 0.3) is 0 Å². The molecule has 0 amide bonds. The van der Waals surface area contributed by atoms with Crippen molar-refractivity contribution in [2.75, 3.05) is 47.5 Å². The fraction of sp³-hybridized carbons (Fsp3) is 0.635. The lowest BCUT2D eigenvalue weighted by molar-refractivity contribution is -0.870. The van der Waals surface area contributed by atoms with Gasteiger partial charge in [-0.2, -0.15) is 0 Å². The van der Waals surface area contributed by atoms with E-state index in [0.29, 0.717) is 17.4 Å². The Kier molecular flexibility index (Phi) is 59.5. The van der Waals surface area contributed by atoms with E-state index < -0.39 is 24.3 Å². The number of carboxylic acid groups (broad SMARTS) is 1. The van der Waals surface area contributed by atoms with Crippen LogP contribution < -0.4 is 0 Å². The highest BCUT2D eigenvalue weighted by molar-refractivity contribution is 5.71. The third kappa shape index (κ3) is 64.6. The van der Waals surface area contributed by atoms with Gasteiger partial charge in [0.1, 0.15) is 13.2 Å². The van der Waals surface area contributed by atoms with Crippen LogP contribution in [0.15, 0.2) is 146 Å². The van der Waals surface area contributed by atoms with E-state index in [4.69, 9.17) is 18.9 Å². The molecule has 0 spiro atoms. The molecule has 0 saturated heterocycles. The molecule has 0 heterocycles. The zero-order valence-corrected chi connectivity index (χ0v) is 53.5. The second-order valence-electron chi connectivity index (χ2n) is 22.7. The minimum Gasteiger partial charge on any atom is -0.477 e. The molecule has 0 fully saturated rings. The van der Waals surface area contributed by atoms with Crippen LogP contribution >= 0.6 is 0 Å². The summed E-state index contributed by atoms with van der Waals surface area (Å²) in [6.07, 6.45) is 89.5. The molecule has 0 aliphatic carbocycles. The van der Waals surface area contributed by atoms with E-state index in [0.717, 1.165) is 135 Å². The van der Waals surface area contributed by atoms with E-state index in [1.54, 1.807) is 0 Å². The van der Waals surface area contributed by atoms with Gasteiger partial charge in [-0.1, -0.05) is 262 Å². The van der Waals surface area contributed by atoms with E-state index in [1.165, 1.54) is 77.0 Å². The molecule has 9 heteroatoms. The number of allylic oxidation sites excluding steroid dienone is 24. The molecular formula is C74H122NO8+. The fourth-order valence-corrected chi connectivity index (χ4v) is 8.61. The minimum atomic E-state index is -1.52. The molecule has 0 aliphatic heterocycles. The summed E-state index contributed by atoms with van der Waals surface area (Å²) in [6, 6.07) is 0. The Bertz CT molecular complexity index is 1870. The predicted octanol–water partition coefficient (Wildman–Crippen LogP) is 20.3. The number of esters is 2. The number of hydrogen-bond donors (Lipinski definition) is 1. The first-order valence-corrected chi connectivity index (χ1v) is 33.0. The summed E-state index contributed by atoms with van der Waals surface area (Å²) in [6.45, 7) is 4.62. The second-order valence-corrected chi connectivity index (χ2v) is 22.7. The molecule has 0 saturated carbocycles. The van der Waals surface area contributed by atoms with E-state index >= 15 is 0 Å². The predicted molar refractivity (Wildman–Crippen MR) is 354 cm³/mol. The number of carbonyl (C=O) groups is 3. The van der Waals surface area contributed by atoms with Gasteiger partial charge in [-0.15, -0.1) is 0 Å². The molecule has 2 atom stereocenters. The van der Waals surface area contributed by atoms with Crippen LogP contribution in [0.3, 0.4) is 0 Å². The van der Waals surface area contributed by atoms with E-state index in [1.807, 2.05) is 21.1 Å². The molecule has 0 aliphatic rings. The van der Waals surface area contributed by atoms with Crippen LogP contribution in [-0.4, -0.2) is 87.4 Å². The number of unbranched alkanes of at least 4 members (excludes halogenated alkanes) is 20. The molecule has 0 aromatic carbocycles. The maximum atomic E-state index is 12.9. The van der Waals surface area contributed by atoms with Crippen LogP contribution in [0.2, 0.25) is 0 Å². The summed E-state index contributed by atoms with van der Waals surface area (Å²) < 4.78 is 22.9. The van der Waals surface area contributed by atoms with E-state index in [-0.39, 0.29) is 38.6 Å². The average molecular weight is 1150 g/mol. The monoisotopic (exact) mass is 1150 g/mol. The van der Waals surface area contributed by atoms with Gasteiger partial charge in [0.15, 0.2) is 6.10 Å². The average Bonchev–Trinajstić information content (AvgIpc) is 3.46. The zero-order chi connectivity index (χ0) is 60.5. The molecular weight excluding hydrogens is 1030 g/mol. The molecule has 2 unspecified atom stereocenters. The van der Waals surface area contributed by atoms with Crippen LogP contribution in [0.5, 0.6) is 0 Å². The molecule has 1 N–H and O–H groups in total.